The van der Waals surface area contributed by atoms with Crippen molar-refractivity contribution in [3.8, 4) is 0 Å². The highest BCUT2D eigenvalue weighted by atomic mass is 32.2. The van der Waals surface area contributed by atoms with Crippen LogP contribution in [0.3, 0.4) is 0 Å². The average molecular weight is 285 g/mol. The van der Waals surface area contributed by atoms with E-state index in [0.717, 1.165) is 29.0 Å². The van der Waals surface area contributed by atoms with Gasteiger partial charge < -0.3 is 9.64 Å². The fourth-order valence-corrected chi connectivity index (χ4v) is 4.47. The molecule has 0 amide bonds. The van der Waals surface area contributed by atoms with Crippen molar-refractivity contribution < 1.29 is 9.53 Å². The Morgan fingerprint density at radius 2 is 2.17 bits per heavy atom. The summed E-state index contributed by atoms with van der Waals surface area (Å²) in [5, 5.41) is 9.24. The maximum atomic E-state index is 11.6. The second kappa shape index (κ2) is 5.05. The summed E-state index contributed by atoms with van der Waals surface area (Å²) in [6.45, 7) is 4.07. The van der Waals surface area contributed by atoms with Crippen LogP contribution in [0.25, 0.3) is 0 Å². The lowest BCUT2D eigenvalue weighted by Crippen LogP contribution is -2.17. The average Bonchev–Trinajstić information content (AvgIpc) is 3.02. The van der Waals surface area contributed by atoms with E-state index < -0.39 is 0 Å². The SMILES string of the molecule is C[C@H]1C[C@@H](Sc2nnc(N3CCCC3)s2)C(=O)O1. The molecule has 0 radical (unpaired) electrons. The highest BCUT2D eigenvalue weighted by Gasteiger charge is 2.33. The fourth-order valence-electron chi connectivity index (χ4n) is 2.22. The lowest BCUT2D eigenvalue weighted by Gasteiger charge is -2.10. The number of ether oxygens (including phenoxy) is 1. The van der Waals surface area contributed by atoms with E-state index in [0.29, 0.717) is 0 Å². The number of hydrogen-bond donors (Lipinski definition) is 0. The largest absolute Gasteiger partial charge is 0.462 e. The van der Waals surface area contributed by atoms with Gasteiger partial charge in [0.05, 0.1) is 0 Å². The maximum absolute atomic E-state index is 11.6. The molecule has 2 fully saturated rings. The van der Waals surface area contributed by atoms with Crippen LogP contribution in [-0.4, -0.2) is 40.6 Å². The second-order valence-electron chi connectivity index (χ2n) is 4.63. The molecule has 2 saturated heterocycles. The summed E-state index contributed by atoms with van der Waals surface area (Å²) in [5.41, 5.74) is 0. The van der Waals surface area contributed by atoms with Gasteiger partial charge in [0.1, 0.15) is 11.4 Å². The molecule has 3 heterocycles. The molecule has 0 bridgehead atoms. The van der Waals surface area contributed by atoms with E-state index in [2.05, 4.69) is 15.1 Å². The summed E-state index contributed by atoms with van der Waals surface area (Å²) >= 11 is 3.07. The maximum Gasteiger partial charge on any atom is 0.319 e. The van der Waals surface area contributed by atoms with Crippen LogP contribution >= 0.6 is 23.1 Å². The number of anilines is 1. The Morgan fingerprint density at radius 1 is 1.39 bits per heavy atom. The summed E-state index contributed by atoms with van der Waals surface area (Å²) in [6, 6.07) is 0. The quantitative estimate of drug-likeness (QED) is 0.791. The smallest absolute Gasteiger partial charge is 0.319 e. The Hall–Kier alpha value is -0.820. The molecule has 2 aliphatic heterocycles. The van der Waals surface area contributed by atoms with E-state index in [4.69, 9.17) is 4.74 Å². The van der Waals surface area contributed by atoms with Gasteiger partial charge >= 0.3 is 5.97 Å². The molecule has 0 unspecified atom stereocenters. The first-order chi connectivity index (χ1) is 8.72. The number of esters is 1. The predicted molar refractivity (Wildman–Crippen MR) is 71.2 cm³/mol. The van der Waals surface area contributed by atoms with Gasteiger partial charge in [0.15, 0.2) is 4.34 Å². The van der Waals surface area contributed by atoms with E-state index >= 15 is 0 Å². The first-order valence-electron chi connectivity index (χ1n) is 6.18. The number of aromatic nitrogens is 2. The zero-order valence-electron chi connectivity index (χ0n) is 10.2. The zero-order chi connectivity index (χ0) is 12.5. The Labute approximate surface area is 114 Å². The first kappa shape index (κ1) is 12.2. The van der Waals surface area contributed by atoms with Gasteiger partial charge in [-0.2, -0.15) is 0 Å². The molecule has 0 aromatic carbocycles. The van der Waals surface area contributed by atoms with Crippen LogP contribution < -0.4 is 4.90 Å². The predicted octanol–water partition coefficient (Wildman–Crippen LogP) is 1.93. The summed E-state index contributed by atoms with van der Waals surface area (Å²) in [4.78, 5) is 13.8. The van der Waals surface area contributed by atoms with Crippen molar-refractivity contribution in [1.82, 2.24) is 10.2 Å². The van der Waals surface area contributed by atoms with Gasteiger partial charge in [-0.3, -0.25) is 4.79 Å². The van der Waals surface area contributed by atoms with E-state index in [1.165, 1.54) is 24.6 Å². The van der Waals surface area contributed by atoms with E-state index in [9.17, 15) is 4.79 Å². The van der Waals surface area contributed by atoms with Crippen molar-refractivity contribution in [3.05, 3.63) is 0 Å². The van der Waals surface area contributed by atoms with Gasteiger partial charge in [-0.05, 0) is 19.8 Å². The number of cyclic esters (lactones) is 1. The minimum Gasteiger partial charge on any atom is -0.462 e. The van der Waals surface area contributed by atoms with Crippen LogP contribution in [0, 0.1) is 0 Å². The molecule has 0 spiro atoms. The third-order valence-corrected chi connectivity index (χ3v) is 5.41. The molecule has 98 valence electrons. The van der Waals surface area contributed by atoms with Crippen LogP contribution in [0.2, 0.25) is 0 Å². The number of carbonyl (C=O) groups excluding carboxylic acids is 1. The van der Waals surface area contributed by atoms with Gasteiger partial charge in [0.25, 0.3) is 0 Å². The minimum atomic E-state index is -0.120. The van der Waals surface area contributed by atoms with Crippen LogP contribution in [0.4, 0.5) is 5.13 Å². The molecule has 2 atom stereocenters. The number of nitrogens with zero attached hydrogens (tertiary/aromatic N) is 3. The summed E-state index contributed by atoms with van der Waals surface area (Å²) in [6.07, 6.45) is 3.26. The lowest BCUT2D eigenvalue weighted by molar-refractivity contribution is -0.140. The number of carbonyl (C=O) groups is 1. The normalized spacial score (nSPS) is 27.8. The number of rotatable bonds is 3. The number of hydrogen-bond acceptors (Lipinski definition) is 7. The van der Waals surface area contributed by atoms with E-state index in [-0.39, 0.29) is 17.3 Å². The van der Waals surface area contributed by atoms with Gasteiger partial charge in [-0.1, -0.05) is 23.1 Å². The molecule has 3 rings (SSSR count). The first-order valence-corrected chi connectivity index (χ1v) is 7.87. The molecule has 1 aromatic heterocycles. The van der Waals surface area contributed by atoms with Gasteiger partial charge in [0, 0.05) is 19.5 Å². The molecule has 0 saturated carbocycles. The Balaban J connectivity index is 1.64. The third kappa shape index (κ3) is 2.47. The van der Waals surface area contributed by atoms with Crippen LogP contribution in [0.15, 0.2) is 4.34 Å². The standard InChI is InChI=1S/C11H15N3O2S2/c1-7-6-8(9(15)16-7)17-11-13-12-10(18-11)14-4-2-3-5-14/h7-8H,2-6H2,1H3/t7-,8+/m0/s1. The van der Waals surface area contributed by atoms with Crippen LogP contribution in [0.5, 0.6) is 0 Å². The molecule has 18 heavy (non-hydrogen) atoms. The zero-order valence-corrected chi connectivity index (χ0v) is 11.8. The van der Waals surface area contributed by atoms with Crippen molar-refractivity contribution in [1.29, 1.82) is 0 Å². The summed E-state index contributed by atoms with van der Waals surface area (Å²) in [5.74, 6) is -0.120. The summed E-state index contributed by atoms with van der Waals surface area (Å²) < 4.78 is 6.01. The summed E-state index contributed by atoms with van der Waals surface area (Å²) in [7, 11) is 0. The van der Waals surface area contributed by atoms with Crippen molar-refractivity contribution >= 4 is 34.2 Å². The van der Waals surface area contributed by atoms with E-state index in [1.54, 1.807) is 11.3 Å². The van der Waals surface area contributed by atoms with Crippen molar-refractivity contribution in [2.75, 3.05) is 18.0 Å². The molecular formula is C11H15N3O2S2. The Morgan fingerprint density at radius 3 is 2.83 bits per heavy atom. The third-order valence-electron chi connectivity index (χ3n) is 3.14. The molecule has 7 heteroatoms. The highest BCUT2D eigenvalue weighted by Crippen LogP contribution is 2.36. The second-order valence-corrected chi connectivity index (χ2v) is 7.04. The van der Waals surface area contributed by atoms with Gasteiger partial charge in [-0.25, -0.2) is 0 Å². The highest BCUT2D eigenvalue weighted by molar-refractivity contribution is 8.02. The van der Waals surface area contributed by atoms with Crippen molar-refractivity contribution in [2.24, 2.45) is 0 Å². The minimum absolute atomic E-state index is 0.0287. The van der Waals surface area contributed by atoms with Gasteiger partial charge in [0.2, 0.25) is 5.13 Å². The van der Waals surface area contributed by atoms with Gasteiger partial charge in [-0.15, -0.1) is 10.2 Å². The van der Waals surface area contributed by atoms with Crippen LogP contribution in [0.1, 0.15) is 26.2 Å². The monoisotopic (exact) mass is 285 g/mol. The Kier molecular flexibility index (Phi) is 3.43. The molecule has 0 N–H and O–H groups in total. The molecule has 1 aromatic rings. The molecular weight excluding hydrogens is 270 g/mol. The molecule has 0 aliphatic carbocycles. The topological polar surface area (TPSA) is 55.3 Å². The lowest BCUT2D eigenvalue weighted by atomic mass is 10.3. The fraction of sp³-hybridized carbons (Fsp3) is 0.727. The van der Waals surface area contributed by atoms with Crippen molar-refractivity contribution in [2.45, 2.75) is 41.9 Å². The van der Waals surface area contributed by atoms with E-state index in [1.807, 2.05) is 6.92 Å². The molecule has 5 nitrogen and oxygen atoms in total. The number of thioether (sulfide) groups is 1. The van der Waals surface area contributed by atoms with Crippen LogP contribution in [-0.2, 0) is 9.53 Å². The van der Waals surface area contributed by atoms with Crippen molar-refractivity contribution in [3.63, 3.8) is 0 Å². The Bertz CT molecular complexity index is 445. The molecule has 2 aliphatic rings.